The van der Waals surface area contributed by atoms with Crippen LogP contribution in [0.15, 0.2) is 24.3 Å². The molecule has 0 aliphatic rings. The van der Waals surface area contributed by atoms with Gasteiger partial charge in [-0.15, -0.1) is 0 Å². The van der Waals surface area contributed by atoms with E-state index in [4.69, 9.17) is 9.47 Å². The van der Waals surface area contributed by atoms with Crippen LogP contribution in [0.25, 0.3) is 0 Å². The summed E-state index contributed by atoms with van der Waals surface area (Å²) in [5, 5.41) is 41.7. The molecule has 0 saturated heterocycles. The van der Waals surface area contributed by atoms with Crippen LogP contribution < -0.4 is 5.32 Å². The Hall–Kier alpha value is -2.53. The lowest BCUT2D eigenvalue weighted by atomic mass is 9.98. The number of anilines is 1. The lowest BCUT2D eigenvalue weighted by Crippen LogP contribution is -2.61. The molecule has 1 rings (SSSR count). The third-order valence-corrected chi connectivity index (χ3v) is 4.36. The molecule has 1 amide bonds. The minimum Gasteiger partial charge on any atom is -0.428 e. The number of para-hydroxylation sites is 1. The second-order valence-electron chi connectivity index (χ2n) is 8.17. The van der Waals surface area contributed by atoms with Crippen molar-refractivity contribution < 1.29 is 44.3 Å². The van der Waals surface area contributed by atoms with Crippen molar-refractivity contribution >= 4 is 23.5 Å². The number of carbonyl (C=O) groups excluding carboxylic acids is 3. The van der Waals surface area contributed by atoms with Gasteiger partial charge >= 0.3 is 17.7 Å². The van der Waals surface area contributed by atoms with Gasteiger partial charge in [-0.1, -0.05) is 31.5 Å². The average molecular weight is 441 g/mol. The summed E-state index contributed by atoms with van der Waals surface area (Å²) in [6, 6.07) is 6.26. The highest BCUT2D eigenvalue weighted by Gasteiger charge is 2.53. The number of aliphatic hydroxyl groups is 4. The molecule has 0 saturated carbocycles. The second-order valence-corrected chi connectivity index (χ2v) is 8.17. The molecule has 1 aromatic carbocycles. The van der Waals surface area contributed by atoms with Crippen LogP contribution in [0.2, 0.25) is 0 Å². The molecule has 0 fully saturated rings. The first-order valence-corrected chi connectivity index (χ1v) is 9.84. The molecular formula is C21H31NO9. The molecule has 31 heavy (non-hydrogen) atoms. The van der Waals surface area contributed by atoms with Crippen molar-refractivity contribution in [1.82, 2.24) is 0 Å². The van der Waals surface area contributed by atoms with E-state index < -0.39 is 48.0 Å². The molecule has 0 unspecified atom stereocenters. The fraction of sp³-hybridized carbons (Fsp3) is 0.571. The van der Waals surface area contributed by atoms with Crippen LogP contribution in [0.1, 0.15) is 52.5 Å². The van der Waals surface area contributed by atoms with E-state index in [1.54, 1.807) is 45.9 Å². The third-order valence-electron chi connectivity index (χ3n) is 4.36. The number of ether oxygens (including phenoxy) is 2. The lowest BCUT2D eigenvalue weighted by Gasteiger charge is -2.33. The quantitative estimate of drug-likeness (QED) is 0.261. The van der Waals surface area contributed by atoms with Crippen molar-refractivity contribution in [3.05, 3.63) is 29.8 Å². The highest BCUT2D eigenvalue weighted by molar-refractivity contribution is 5.97. The van der Waals surface area contributed by atoms with Gasteiger partial charge in [-0.25, -0.2) is 0 Å². The van der Waals surface area contributed by atoms with E-state index >= 15 is 0 Å². The van der Waals surface area contributed by atoms with Crippen molar-refractivity contribution in [3.63, 3.8) is 0 Å². The number of hydrogen-bond acceptors (Lipinski definition) is 9. The number of carbonyl (C=O) groups is 3. The second kappa shape index (κ2) is 10.7. The Kier molecular flexibility index (Phi) is 9.12. The summed E-state index contributed by atoms with van der Waals surface area (Å²) >= 11 is 0. The van der Waals surface area contributed by atoms with Gasteiger partial charge in [0.25, 0.3) is 5.91 Å². The third kappa shape index (κ3) is 7.59. The predicted molar refractivity (Wildman–Crippen MR) is 109 cm³/mol. The van der Waals surface area contributed by atoms with Gasteiger partial charge in [-0.3, -0.25) is 14.4 Å². The maximum Gasteiger partial charge on any atom is 0.314 e. The number of amides is 1. The smallest absolute Gasteiger partial charge is 0.314 e. The summed E-state index contributed by atoms with van der Waals surface area (Å²) in [6.07, 6.45) is -0.249. The number of aryl methyl sites for hydroxylation is 1. The van der Waals surface area contributed by atoms with Gasteiger partial charge in [0.05, 0.1) is 5.41 Å². The molecule has 0 heterocycles. The van der Waals surface area contributed by atoms with E-state index in [0.29, 0.717) is 5.56 Å². The zero-order valence-electron chi connectivity index (χ0n) is 18.2. The van der Waals surface area contributed by atoms with Crippen LogP contribution in [0.4, 0.5) is 5.69 Å². The molecule has 1 aromatic rings. The molecule has 10 nitrogen and oxygen atoms in total. The Morgan fingerprint density at radius 2 is 1.61 bits per heavy atom. The first-order chi connectivity index (χ1) is 14.2. The van der Waals surface area contributed by atoms with Crippen LogP contribution in [0, 0.1) is 5.41 Å². The largest absolute Gasteiger partial charge is 0.428 e. The molecule has 10 heteroatoms. The molecule has 0 aromatic heterocycles. The molecule has 0 radical (unpaired) electrons. The Labute approximate surface area is 180 Å². The van der Waals surface area contributed by atoms with Crippen LogP contribution in [0.5, 0.6) is 0 Å². The monoisotopic (exact) mass is 441 g/mol. The number of benzene rings is 1. The summed E-state index contributed by atoms with van der Waals surface area (Å²) in [6.45, 7) is 6.05. The van der Waals surface area contributed by atoms with Crippen LogP contribution in [-0.4, -0.2) is 56.6 Å². The first kappa shape index (κ1) is 26.5. The normalized spacial score (nSPS) is 12.3. The van der Waals surface area contributed by atoms with Gasteiger partial charge in [0.15, 0.2) is 0 Å². The lowest BCUT2D eigenvalue weighted by molar-refractivity contribution is -0.337. The number of rotatable bonds is 10. The van der Waals surface area contributed by atoms with Crippen molar-refractivity contribution in [3.8, 4) is 0 Å². The summed E-state index contributed by atoms with van der Waals surface area (Å²) in [5.41, 5.74) is -0.109. The van der Waals surface area contributed by atoms with Crippen molar-refractivity contribution in [2.75, 3.05) is 12.1 Å². The Morgan fingerprint density at radius 3 is 2.19 bits per heavy atom. The minimum atomic E-state index is -3.45. The molecule has 174 valence electrons. The van der Waals surface area contributed by atoms with Gasteiger partial charge in [0.1, 0.15) is 0 Å². The van der Waals surface area contributed by atoms with Crippen LogP contribution in [0.3, 0.4) is 0 Å². The first-order valence-electron chi connectivity index (χ1n) is 9.84. The molecular weight excluding hydrogens is 410 g/mol. The minimum absolute atomic E-state index is 0.108. The van der Waals surface area contributed by atoms with Gasteiger partial charge in [-0.2, -0.15) is 0 Å². The van der Waals surface area contributed by atoms with Gasteiger partial charge < -0.3 is 35.2 Å². The Balaban J connectivity index is 2.71. The zero-order chi connectivity index (χ0) is 23.9. The number of hydrogen-bond donors (Lipinski definition) is 5. The fourth-order valence-corrected chi connectivity index (χ4v) is 2.45. The molecule has 0 atom stereocenters. The SMILES string of the molecule is CCCC(O)(O)C(O)(O)C(=O)Nc1ccccc1CCC(=O)OCOC(=O)C(C)(C)C. The van der Waals surface area contributed by atoms with Crippen molar-refractivity contribution in [1.29, 1.82) is 0 Å². The molecule has 0 aliphatic heterocycles. The van der Waals surface area contributed by atoms with Crippen molar-refractivity contribution in [2.24, 2.45) is 5.41 Å². The number of esters is 2. The van der Waals surface area contributed by atoms with E-state index in [9.17, 15) is 34.8 Å². The standard InChI is InChI=1S/C21H31NO9/c1-5-12-20(26,27)21(28,29)17(24)22-15-9-7-6-8-14(15)10-11-16(23)30-13-31-18(25)19(2,3)4/h6-9,26-29H,5,10-13H2,1-4H3,(H,22,24). The Morgan fingerprint density at radius 1 is 1.00 bits per heavy atom. The van der Waals surface area contributed by atoms with E-state index in [2.05, 4.69) is 5.32 Å². The fourth-order valence-electron chi connectivity index (χ4n) is 2.45. The summed E-state index contributed by atoms with van der Waals surface area (Å²) in [4.78, 5) is 35.8. The van der Waals surface area contributed by atoms with Crippen molar-refractivity contribution in [2.45, 2.75) is 65.0 Å². The highest BCUT2D eigenvalue weighted by atomic mass is 16.7. The molecule has 5 N–H and O–H groups in total. The van der Waals surface area contributed by atoms with Crippen LogP contribution >= 0.6 is 0 Å². The maximum atomic E-state index is 12.3. The molecule has 0 aliphatic carbocycles. The van der Waals surface area contributed by atoms with E-state index in [1.165, 1.54) is 6.07 Å². The number of nitrogens with one attached hydrogen (secondary N) is 1. The summed E-state index contributed by atoms with van der Waals surface area (Å²) in [7, 11) is 0. The molecule has 0 spiro atoms. The predicted octanol–water partition coefficient (Wildman–Crippen LogP) is 0.810. The van der Waals surface area contributed by atoms with Gasteiger partial charge in [0.2, 0.25) is 12.6 Å². The average Bonchev–Trinajstić information content (AvgIpc) is 2.66. The zero-order valence-corrected chi connectivity index (χ0v) is 18.2. The van der Waals surface area contributed by atoms with Gasteiger partial charge in [0, 0.05) is 18.5 Å². The van der Waals surface area contributed by atoms with E-state index in [0.717, 1.165) is 0 Å². The van der Waals surface area contributed by atoms with Gasteiger partial charge in [-0.05, 0) is 38.8 Å². The van der Waals surface area contributed by atoms with E-state index in [-0.39, 0.29) is 24.9 Å². The topological polar surface area (TPSA) is 163 Å². The summed E-state index contributed by atoms with van der Waals surface area (Å²) < 4.78 is 9.71. The van der Waals surface area contributed by atoms with E-state index in [1.807, 2.05) is 0 Å². The Bertz CT molecular complexity index is 781. The maximum absolute atomic E-state index is 12.3. The highest BCUT2D eigenvalue weighted by Crippen LogP contribution is 2.25. The van der Waals surface area contributed by atoms with Crippen LogP contribution in [-0.2, 0) is 30.3 Å². The molecule has 0 bridgehead atoms. The summed E-state index contributed by atoms with van der Waals surface area (Å²) in [5.74, 6) is -9.10.